The molecule has 0 spiro atoms. The van der Waals surface area contributed by atoms with Crippen molar-refractivity contribution in [2.75, 3.05) is 17.7 Å². The molecular formula is C16H22N4O2S. The summed E-state index contributed by atoms with van der Waals surface area (Å²) in [6.45, 7) is 0.725. The first-order valence-electron chi connectivity index (χ1n) is 8.14. The molecule has 0 bridgehead atoms. The minimum Gasteiger partial charge on any atom is -0.356 e. The van der Waals surface area contributed by atoms with E-state index in [-0.39, 0.29) is 17.9 Å². The SMILES string of the molecule is CSc1ncc(CC2CCNC2=O)c(N(C=O)C2CCCC2)n1. The number of anilines is 1. The van der Waals surface area contributed by atoms with Gasteiger partial charge in [0.05, 0.1) is 0 Å². The van der Waals surface area contributed by atoms with Gasteiger partial charge in [0.1, 0.15) is 5.82 Å². The molecule has 1 unspecified atom stereocenters. The molecule has 2 amide bonds. The van der Waals surface area contributed by atoms with Crippen molar-refractivity contribution in [3.05, 3.63) is 11.8 Å². The Hall–Kier alpha value is -1.63. The Morgan fingerprint density at radius 1 is 1.39 bits per heavy atom. The molecule has 0 aromatic carbocycles. The van der Waals surface area contributed by atoms with Crippen molar-refractivity contribution in [2.24, 2.45) is 5.92 Å². The van der Waals surface area contributed by atoms with Gasteiger partial charge < -0.3 is 5.32 Å². The highest BCUT2D eigenvalue weighted by Gasteiger charge is 2.29. The smallest absolute Gasteiger partial charge is 0.223 e. The number of nitrogens with zero attached hydrogens (tertiary/aromatic N) is 3. The lowest BCUT2D eigenvalue weighted by molar-refractivity contribution is -0.122. The van der Waals surface area contributed by atoms with Crippen LogP contribution in [0.2, 0.25) is 0 Å². The summed E-state index contributed by atoms with van der Waals surface area (Å²) in [6.07, 6.45) is 10.3. The van der Waals surface area contributed by atoms with E-state index < -0.39 is 0 Å². The summed E-state index contributed by atoms with van der Waals surface area (Å²) in [5, 5.41) is 3.52. The third-order valence-electron chi connectivity index (χ3n) is 4.71. The molecule has 1 saturated heterocycles. The number of carbonyl (C=O) groups excluding carboxylic acids is 2. The zero-order valence-electron chi connectivity index (χ0n) is 13.3. The molecule has 7 heteroatoms. The van der Waals surface area contributed by atoms with Crippen molar-refractivity contribution in [1.29, 1.82) is 0 Å². The minimum absolute atomic E-state index is 0.0467. The van der Waals surface area contributed by atoms with Gasteiger partial charge in [0.25, 0.3) is 0 Å². The summed E-state index contributed by atoms with van der Waals surface area (Å²) < 4.78 is 0. The maximum absolute atomic E-state index is 11.9. The molecule has 1 N–H and O–H groups in total. The zero-order valence-corrected chi connectivity index (χ0v) is 14.1. The first-order valence-corrected chi connectivity index (χ1v) is 9.36. The molecule has 1 aromatic rings. The summed E-state index contributed by atoms with van der Waals surface area (Å²) in [6, 6.07) is 0.216. The lowest BCUT2D eigenvalue weighted by atomic mass is 9.99. The average molecular weight is 334 g/mol. The fourth-order valence-corrected chi connectivity index (χ4v) is 3.78. The first kappa shape index (κ1) is 16.2. The molecule has 1 aliphatic carbocycles. The fourth-order valence-electron chi connectivity index (χ4n) is 3.44. The lowest BCUT2D eigenvalue weighted by Gasteiger charge is -2.26. The van der Waals surface area contributed by atoms with Crippen molar-refractivity contribution < 1.29 is 9.59 Å². The molecule has 2 aliphatic rings. The maximum atomic E-state index is 11.9. The largest absolute Gasteiger partial charge is 0.356 e. The third-order valence-corrected chi connectivity index (χ3v) is 5.27. The molecular weight excluding hydrogens is 312 g/mol. The summed E-state index contributed by atoms with van der Waals surface area (Å²) in [7, 11) is 0. The number of thioether (sulfide) groups is 1. The Morgan fingerprint density at radius 3 is 2.78 bits per heavy atom. The van der Waals surface area contributed by atoms with Crippen molar-refractivity contribution in [3.8, 4) is 0 Å². The van der Waals surface area contributed by atoms with Crippen molar-refractivity contribution >= 4 is 29.9 Å². The maximum Gasteiger partial charge on any atom is 0.223 e. The highest BCUT2D eigenvalue weighted by atomic mass is 32.2. The molecule has 6 nitrogen and oxygen atoms in total. The van der Waals surface area contributed by atoms with Gasteiger partial charge in [-0.05, 0) is 31.9 Å². The van der Waals surface area contributed by atoms with E-state index in [0.29, 0.717) is 17.4 Å². The second-order valence-corrected chi connectivity index (χ2v) is 6.91. The van der Waals surface area contributed by atoms with Gasteiger partial charge in [-0.2, -0.15) is 0 Å². The molecule has 2 heterocycles. The predicted molar refractivity (Wildman–Crippen MR) is 89.4 cm³/mol. The molecule has 124 valence electrons. The second-order valence-electron chi connectivity index (χ2n) is 6.14. The Bertz CT molecular complexity index is 589. The van der Waals surface area contributed by atoms with Crippen molar-refractivity contribution in [1.82, 2.24) is 15.3 Å². The molecule has 0 radical (unpaired) electrons. The molecule has 3 rings (SSSR count). The molecule has 1 atom stereocenters. The van der Waals surface area contributed by atoms with Crippen LogP contribution in [-0.2, 0) is 16.0 Å². The van der Waals surface area contributed by atoms with Crippen molar-refractivity contribution in [3.63, 3.8) is 0 Å². The standard InChI is InChI=1S/C16H22N4O2S/c1-23-16-18-9-12(8-11-6-7-17-15(11)22)14(19-16)20(10-21)13-4-2-3-5-13/h9-11,13H,2-8H2,1H3,(H,17,22). The predicted octanol–water partition coefficient (Wildman–Crippen LogP) is 1.78. The van der Waals surface area contributed by atoms with Crippen LogP contribution >= 0.6 is 11.8 Å². The fraction of sp³-hybridized carbons (Fsp3) is 0.625. The number of amides is 2. The van der Waals surface area contributed by atoms with Gasteiger partial charge in [-0.3, -0.25) is 14.5 Å². The van der Waals surface area contributed by atoms with Gasteiger partial charge in [0, 0.05) is 30.3 Å². The lowest BCUT2D eigenvalue weighted by Crippen LogP contribution is -2.34. The van der Waals surface area contributed by atoms with E-state index in [1.807, 2.05) is 6.26 Å². The normalized spacial score (nSPS) is 21.4. The molecule has 1 aliphatic heterocycles. The van der Waals surface area contributed by atoms with E-state index >= 15 is 0 Å². The third kappa shape index (κ3) is 3.49. The van der Waals surface area contributed by atoms with Crippen LogP contribution in [0.3, 0.4) is 0 Å². The number of hydrogen-bond donors (Lipinski definition) is 1. The van der Waals surface area contributed by atoms with E-state index in [0.717, 1.165) is 50.6 Å². The summed E-state index contributed by atoms with van der Waals surface area (Å²) in [5.74, 6) is 0.726. The summed E-state index contributed by atoms with van der Waals surface area (Å²) in [5.41, 5.74) is 0.892. The van der Waals surface area contributed by atoms with Gasteiger partial charge >= 0.3 is 0 Å². The Balaban J connectivity index is 1.91. The van der Waals surface area contributed by atoms with Crippen LogP contribution in [0, 0.1) is 5.92 Å². The van der Waals surface area contributed by atoms with Crippen molar-refractivity contribution in [2.45, 2.75) is 49.7 Å². The average Bonchev–Trinajstić information content (AvgIpc) is 3.22. The van der Waals surface area contributed by atoms with Crippen LogP contribution < -0.4 is 10.2 Å². The monoisotopic (exact) mass is 334 g/mol. The van der Waals surface area contributed by atoms with Crippen LogP contribution in [0.15, 0.2) is 11.4 Å². The number of rotatable bonds is 6. The second kappa shape index (κ2) is 7.29. The number of nitrogens with one attached hydrogen (secondary N) is 1. The number of aromatic nitrogens is 2. The Morgan fingerprint density at radius 2 is 2.17 bits per heavy atom. The van der Waals surface area contributed by atoms with Gasteiger partial charge in [-0.15, -0.1) is 0 Å². The van der Waals surface area contributed by atoms with Gasteiger partial charge in [-0.25, -0.2) is 9.97 Å². The molecule has 1 saturated carbocycles. The summed E-state index contributed by atoms with van der Waals surface area (Å²) in [4.78, 5) is 34.3. The van der Waals surface area contributed by atoms with E-state index in [4.69, 9.17) is 0 Å². The number of carbonyl (C=O) groups is 2. The highest BCUT2D eigenvalue weighted by Crippen LogP contribution is 2.30. The quantitative estimate of drug-likeness (QED) is 0.488. The van der Waals surface area contributed by atoms with Crippen LogP contribution in [0.25, 0.3) is 0 Å². The van der Waals surface area contributed by atoms with Crippen LogP contribution in [-0.4, -0.2) is 41.1 Å². The van der Waals surface area contributed by atoms with Gasteiger partial charge in [-0.1, -0.05) is 24.6 Å². The van der Waals surface area contributed by atoms with Crippen LogP contribution in [0.1, 0.15) is 37.7 Å². The van der Waals surface area contributed by atoms with Gasteiger partial charge in [0.15, 0.2) is 5.16 Å². The van der Waals surface area contributed by atoms with E-state index in [9.17, 15) is 9.59 Å². The topological polar surface area (TPSA) is 75.2 Å². The first-order chi connectivity index (χ1) is 11.2. The van der Waals surface area contributed by atoms with E-state index in [2.05, 4.69) is 15.3 Å². The van der Waals surface area contributed by atoms with E-state index in [1.54, 1.807) is 11.1 Å². The Labute approximate surface area is 140 Å². The minimum atomic E-state index is -0.0467. The highest BCUT2D eigenvalue weighted by molar-refractivity contribution is 7.98. The molecule has 1 aromatic heterocycles. The van der Waals surface area contributed by atoms with Gasteiger partial charge in [0.2, 0.25) is 12.3 Å². The molecule has 23 heavy (non-hydrogen) atoms. The molecule has 2 fully saturated rings. The Kier molecular flexibility index (Phi) is 5.15. The van der Waals surface area contributed by atoms with E-state index in [1.165, 1.54) is 11.8 Å². The number of hydrogen-bond acceptors (Lipinski definition) is 5. The summed E-state index contributed by atoms with van der Waals surface area (Å²) >= 11 is 1.46. The zero-order chi connectivity index (χ0) is 16.2. The van der Waals surface area contributed by atoms with Crippen LogP contribution in [0.4, 0.5) is 5.82 Å². The van der Waals surface area contributed by atoms with Crippen LogP contribution in [0.5, 0.6) is 0 Å².